The number of aromatic carboxylic acids is 1. The third kappa shape index (κ3) is 5.78. The van der Waals surface area contributed by atoms with Crippen LogP contribution >= 0.6 is 11.6 Å². The number of aliphatic hydroxyl groups is 1. The van der Waals surface area contributed by atoms with Gasteiger partial charge in [-0.1, -0.05) is 42.8 Å². The van der Waals surface area contributed by atoms with Crippen LogP contribution in [0, 0.1) is 0 Å². The highest BCUT2D eigenvalue weighted by Gasteiger charge is 2.27. The van der Waals surface area contributed by atoms with Gasteiger partial charge in [0.1, 0.15) is 12.4 Å². The Morgan fingerprint density at radius 1 is 1.17 bits per heavy atom. The van der Waals surface area contributed by atoms with Crippen molar-refractivity contribution in [3.8, 4) is 5.75 Å². The first-order valence-corrected chi connectivity index (χ1v) is 12.5. The van der Waals surface area contributed by atoms with Gasteiger partial charge in [0.2, 0.25) is 0 Å². The third-order valence-corrected chi connectivity index (χ3v) is 7.05. The summed E-state index contributed by atoms with van der Waals surface area (Å²) in [4.78, 5) is 18.3. The summed E-state index contributed by atoms with van der Waals surface area (Å²) in [6.07, 6.45) is 5.81. The largest absolute Gasteiger partial charge is 0.487 e. The third-order valence-electron chi connectivity index (χ3n) is 6.79. The lowest BCUT2D eigenvalue weighted by Gasteiger charge is -2.29. The zero-order valence-corrected chi connectivity index (χ0v) is 21.3. The zero-order chi connectivity index (χ0) is 25.7. The number of ether oxygens (including phenoxy) is 1. The molecule has 1 unspecified atom stereocenters. The molecule has 0 bridgehead atoms. The lowest BCUT2D eigenvalue weighted by Crippen LogP contribution is -2.31. The van der Waals surface area contributed by atoms with Crippen LogP contribution in [0.4, 0.5) is 0 Å². The summed E-state index contributed by atoms with van der Waals surface area (Å²) in [7, 11) is 2.04. The van der Waals surface area contributed by atoms with Crippen LogP contribution in [0.3, 0.4) is 0 Å². The van der Waals surface area contributed by atoms with Crippen LogP contribution in [0.25, 0.3) is 5.57 Å². The Kier molecular flexibility index (Phi) is 8.09. The first kappa shape index (κ1) is 25.9. The minimum atomic E-state index is -0.975. The van der Waals surface area contributed by atoms with E-state index in [1.165, 1.54) is 0 Å². The molecular weight excluding hydrogens is 476 g/mol. The predicted molar refractivity (Wildman–Crippen MR) is 141 cm³/mol. The first-order valence-electron chi connectivity index (χ1n) is 12.1. The zero-order valence-electron chi connectivity index (χ0n) is 20.6. The van der Waals surface area contributed by atoms with Crippen molar-refractivity contribution in [3.63, 3.8) is 0 Å². The molecule has 1 aliphatic heterocycles. The Morgan fingerprint density at radius 2 is 1.94 bits per heavy atom. The fourth-order valence-corrected chi connectivity index (χ4v) is 4.64. The van der Waals surface area contributed by atoms with Gasteiger partial charge in [0.25, 0.3) is 0 Å². The number of hydrogen-bond donors (Lipinski definition) is 2. The van der Waals surface area contributed by atoms with Crippen molar-refractivity contribution >= 4 is 23.1 Å². The number of aromatic nitrogens is 1. The molecule has 0 spiro atoms. The van der Waals surface area contributed by atoms with Gasteiger partial charge >= 0.3 is 5.97 Å². The van der Waals surface area contributed by atoms with Crippen molar-refractivity contribution in [3.05, 3.63) is 99.8 Å². The highest BCUT2D eigenvalue weighted by molar-refractivity contribution is 6.30. The van der Waals surface area contributed by atoms with E-state index in [9.17, 15) is 15.0 Å². The van der Waals surface area contributed by atoms with E-state index in [1.807, 2.05) is 50.4 Å². The summed E-state index contributed by atoms with van der Waals surface area (Å²) < 4.78 is 5.96. The molecule has 0 aliphatic carbocycles. The summed E-state index contributed by atoms with van der Waals surface area (Å²) in [5, 5.41) is 21.4. The number of carbonyl (C=O) groups is 1. The molecule has 0 saturated heterocycles. The summed E-state index contributed by atoms with van der Waals surface area (Å²) in [5.74, 6) is -0.329. The molecule has 2 heterocycles. The minimum absolute atomic E-state index is 0.216. The summed E-state index contributed by atoms with van der Waals surface area (Å²) >= 11 is 6.02. The molecule has 0 amide bonds. The average molecular weight is 507 g/mol. The number of nitrogens with zero attached hydrogens (tertiary/aromatic N) is 2. The smallest absolute Gasteiger partial charge is 0.335 e. The van der Waals surface area contributed by atoms with Crippen LogP contribution in [0.1, 0.15) is 58.9 Å². The summed E-state index contributed by atoms with van der Waals surface area (Å²) in [5.41, 5.74) is 3.63. The molecule has 4 rings (SSSR count). The molecule has 188 valence electrons. The Morgan fingerprint density at radius 3 is 2.67 bits per heavy atom. The van der Waals surface area contributed by atoms with E-state index in [-0.39, 0.29) is 5.56 Å². The van der Waals surface area contributed by atoms with E-state index < -0.39 is 11.6 Å². The average Bonchev–Trinajstić information content (AvgIpc) is 3.04. The fraction of sp³-hybridized carbons (Fsp3) is 0.310. The molecule has 1 aliphatic rings. The van der Waals surface area contributed by atoms with E-state index >= 15 is 0 Å². The van der Waals surface area contributed by atoms with Crippen LogP contribution < -0.4 is 4.74 Å². The molecule has 0 saturated carbocycles. The molecule has 0 fully saturated rings. The van der Waals surface area contributed by atoms with Gasteiger partial charge in [-0.25, -0.2) is 4.79 Å². The second-order valence-corrected chi connectivity index (χ2v) is 9.59. The molecule has 36 heavy (non-hydrogen) atoms. The Hall–Kier alpha value is -3.19. The molecule has 1 atom stereocenters. The van der Waals surface area contributed by atoms with E-state index in [0.717, 1.165) is 47.5 Å². The van der Waals surface area contributed by atoms with Gasteiger partial charge in [0, 0.05) is 35.4 Å². The summed E-state index contributed by atoms with van der Waals surface area (Å²) in [6, 6.07) is 16.2. The SMILES string of the molecule is CCC(O)(CCN(C)CC/C=C1/c2cc(C(=O)O)ccc2OCc2ncccc21)c1ccc(Cl)cc1. The number of benzene rings is 2. The van der Waals surface area contributed by atoms with Gasteiger partial charge in [-0.15, -0.1) is 0 Å². The Balaban J connectivity index is 1.50. The van der Waals surface area contributed by atoms with Gasteiger partial charge in [-0.05, 0) is 73.8 Å². The van der Waals surface area contributed by atoms with Crippen LogP contribution in [-0.2, 0) is 12.2 Å². The second-order valence-electron chi connectivity index (χ2n) is 9.15. The highest BCUT2D eigenvalue weighted by Crippen LogP contribution is 2.37. The van der Waals surface area contributed by atoms with Gasteiger partial charge < -0.3 is 19.8 Å². The van der Waals surface area contributed by atoms with E-state index in [1.54, 1.807) is 24.4 Å². The highest BCUT2D eigenvalue weighted by atomic mass is 35.5. The molecule has 1 aromatic heterocycles. The standard InChI is InChI=1S/C29H31ClN2O4/c1-3-29(35,21-9-11-22(30)12-10-21)14-17-32(2)16-5-7-23-24-6-4-15-31-26(24)19-36-27-13-8-20(28(33)34)18-25(23)27/h4,6-13,15,18,35H,3,5,14,16-17,19H2,1-2H3,(H,33,34)/b23-7+. The number of carboxylic acids is 1. The minimum Gasteiger partial charge on any atom is -0.487 e. The number of carboxylic acid groups (broad SMARTS) is 1. The van der Waals surface area contributed by atoms with Crippen molar-refractivity contribution in [1.29, 1.82) is 0 Å². The van der Waals surface area contributed by atoms with E-state index in [2.05, 4.69) is 16.0 Å². The number of rotatable bonds is 9. The van der Waals surface area contributed by atoms with Crippen molar-refractivity contribution in [2.45, 2.75) is 38.4 Å². The Bertz CT molecular complexity index is 1260. The van der Waals surface area contributed by atoms with Crippen molar-refractivity contribution in [2.75, 3.05) is 20.1 Å². The molecule has 3 aromatic rings. The number of pyridine rings is 1. The maximum absolute atomic E-state index is 11.6. The lowest BCUT2D eigenvalue weighted by molar-refractivity contribution is 0.0155. The van der Waals surface area contributed by atoms with Crippen LogP contribution in [0.5, 0.6) is 5.75 Å². The second kappa shape index (κ2) is 11.2. The van der Waals surface area contributed by atoms with E-state index in [4.69, 9.17) is 16.3 Å². The molecular formula is C29H31ClN2O4. The van der Waals surface area contributed by atoms with Crippen LogP contribution in [0.2, 0.25) is 5.02 Å². The van der Waals surface area contributed by atoms with Gasteiger partial charge in [0.05, 0.1) is 16.9 Å². The van der Waals surface area contributed by atoms with E-state index in [0.29, 0.717) is 30.2 Å². The van der Waals surface area contributed by atoms with Gasteiger partial charge in [-0.3, -0.25) is 4.98 Å². The van der Waals surface area contributed by atoms with Crippen LogP contribution in [0.15, 0.2) is 66.9 Å². The molecule has 7 heteroatoms. The summed E-state index contributed by atoms with van der Waals surface area (Å²) in [6.45, 7) is 3.81. The molecule has 2 N–H and O–H groups in total. The molecule has 2 aromatic carbocycles. The topological polar surface area (TPSA) is 82.9 Å². The normalized spacial score (nSPS) is 15.5. The van der Waals surface area contributed by atoms with Gasteiger partial charge in [-0.2, -0.15) is 0 Å². The predicted octanol–water partition coefficient (Wildman–Crippen LogP) is 5.77. The number of fused-ring (bicyclic) bond motifs is 2. The fourth-order valence-electron chi connectivity index (χ4n) is 4.51. The number of hydrogen-bond acceptors (Lipinski definition) is 5. The first-order chi connectivity index (χ1) is 17.3. The van der Waals surface area contributed by atoms with Crippen LogP contribution in [-0.4, -0.2) is 46.2 Å². The monoisotopic (exact) mass is 506 g/mol. The number of halogens is 1. The Labute approximate surface area is 216 Å². The lowest BCUT2D eigenvalue weighted by atomic mass is 9.88. The van der Waals surface area contributed by atoms with Crippen molar-refractivity contribution < 1.29 is 19.7 Å². The van der Waals surface area contributed by atoms with Crippen molar-refractivity contribution in [2.24, 2.45) is 0 Å². The quantitative estimate of drug-likeness (QED) is 0.383. The molecule has 6 nitrogen and oxygen atoms in total. The van der Waals surface area contributed by atoms with Gasteiger partial charge in [0.15, 0.2) is 0 Å². The maximum Gasteiger partial charge on any atom is 0.335 e. The van der Waals surface area contributed by atoms with Crippen molar-refractivity contribution in [1.82, 2.24) is 9.88 Å². The maximum atomic E-state index is 11.6. The molecule has 0 radical (unpaired) electrons.